The van der Waals surface area contributed by atoms with E-state index in [1.807, 2.05) is 19.1 Å². The van der Waals surface area contributed by atoms with Gasteiger partial charge >= 0.3 is 0 Å². The van der Waals surface area contributed by atoms with E-state index in [4.69, 9.17) is 10.5 Å². The summed E-state index contributed by atoms with van der Waals surface area (Å²) in [6, 6.07) is 7.40. The number of hydrogen-bond acceptors (Lipinski definition) is 2. The molecule has 1 rings (SSSR count). The predicted octanol–water partition coefficient (Wildman–Crippen LogP) is 1.94. The molecule has 0 aliphatic carbocycles. The Morgan fingerprint density at radius 1 is 1.36 bits per heavy atom. The molecule has 3 heteroatoms. The first-order chi connectivity index (χ1) is 5.18. The van der Waals surface area contributed by atoms with Gasteiger partial charge in [0, 0.05) is 0 Å². The quantitative estimate of drug-likeness (QED) is 0.597. The molecule has 0 aliphatic rings. The van der Waals surface area contributed by atoms with Gasteiger partial charge in [0.05, 0.1) is 0 Å². The summed E-state index contributed by atoms with van der Waals surface area (Å²) in [5.74, 6) is 0.621. The van der Waals surface area contributed by atoms with E-state index in [0.717, 1.165) is 5.56 Å². The third-order valence-corrected chi connectivity index (χ3v) is 1.31. The highest BCUT2D eigenvalue weighted by Crippen LogP contribution is 2.10. The average molecular weight is 166 g/mol. The molecule has 0 aliphatic heterocycles. The highest BCUT2D eigenvalue weighted by molar-refractivity contribution is 7.80. The van der Waals surface area contributed by atoms with Crippen molar-refractivity contribution in [1.29, 1.82) is 0 Å². The van der Waals surface area contributed by atoms with Gasteiger partial charge in [-0.05, 0) is 31.3 Å². The zero-order valence-corrected chi connectivity index (χ0v) is 6.94. The minimum absolute atomic E-state index is 0.200. The Bertz CT molecular complexity index is 255. The predicted molar refractivity (Wildman–Crippen MR) is 47.5 cm³/mol. The minimum atomic E-state index is -0.200. The van der Waals surface area contributed by atoms with Crippen LogP contribution in [0.15, 0.2) is 24.3 Å². The number of hydrogen-bond donors (Lipinski definition) is 0. The van der Waals surface area contributed by atoms with E-state index in [2.05, 4.69) is 12.2 Å². The summed E-state index contributed by atoms with van der Waals surface area (Å²) in [7, 11) is 0. The Labute approximate surface area is 71.0 Å². The lowest BCUT2D eigenvalue weighted by atomic mass is 10.2. The van der Waals surface area contributed by atoms with Crippen LogP contribution in [0.4, 0.5) is 0 Å². The van der Waals surface area contributed by atoms with Crippen LogP contribution in [0.5, 0.6) is 5.75 Å². The number of nitrogens with one attached hydrogen (secondary N) is 1. The Kier molecular flexibility index (Phi) is 2.44. The average Bonchev–Trinajstić information content (AvgIpc) is 1.93. The molecule has 0 spiro atoms. The van der Waals surface area contributed by atoms with Gasteiger partial charge < -0.3 is 4.74 Å². The van der Waals surface area contributed by atoms with Crippen molar-refractivity contribution in [2.24, 2.45) is 0 Å². The van der Waals surface area contributed by atoms with E-state index in [9.17, 15) is 0 Å². The second kappa shape index (κ2) is 3.34. The van der Waals surface area contributed by atoms with E-state index in [1.165, 1.54) is 0 Å². The van der Waals surface area contributed by atoms with Crippen molar-refractivity contribution >= 4 is 17.4 Å². The first-order valence-electron chi connectivity index (χ1n) is 3.18. The van der Waals surface area contributed by atoms with Crippen LogP contribution in [0.1, 0.15) is 5.56 Å². The molecule has 0 heterocycles. The van der Waals surface area contributed by atoms with Gasteiger partial charge in [-0.3, -0.25) is 5.73 Å². The van der Waals surface area contributed by atoms with Gasteiger partial charge in [-0.15, -0.1) is 0 Å². The van der Waals surface area contributed by atoms with Gasteiger partial charge in [-0.2, -0.15) is 0 Å². The molecule has 0 aromatic heterocycles. The van der Waals surface area contributed by atoms with Crippen molar-refractivity contribution in [2.45, 2.75) is 6.92 Å². The molecule has 0 saturated carbocycles. The maximum atomic E-state index is 6.88. The van der Waals surface area contributed by atoms with E-state index < -0.39 is 0 Å². The van der Waals surface area contributed by atoms with Gasteiger partial charge in [0.1, 0.15) is 5.75 Å². The van der Waals surface area contributed by atoms with Gasteiger partial charge in [0.25, 0.3) is 5.17 Å². The van der Waals surface area contributed by atoms with E-state index in [1.54, 1.807) is 12.1 Å². The molecule has 0 fully saturated rings. The Morgan fingerprint density at radius 3 is 2.36 bits per heavy atom. The van der Waals surface area contributed by atoms with Crippen molar-refractivity contribution in [3.05, 3.63) is 29.8 Å². The number of ether oxygens (including phenoxy) is 1. The van der Waals surface area contributed by atoms with Crippen molar-refractivity contribution in [1.82, 2.24) is 5.73 Å². The largest absolute Gasteiger partial charge is 0.431 e. The first kappa shape index (κ1) is 8.01. The first-order valence-corrected chi connectivity index (χ1v) is 3.59. The second-order valence-electron chi connectivity index (χ2n) is 2.20. The van der Waals surface area contributed by atoms with Crippen LogP contribution in [0.2, 0.25) is 0 Å². The van der Waals surface area contributed by atoms with Gasteiger partial charge in [-0.1, -0.05) is 17.7 Å². The van der Waals surface area contributed by atoms with E-state index >= 15 is 0 Å². The van der Waals surface area contributed by atoms with Crippen molar-refractivity contribution in [3.63, 3.8) is 0 Å². The highest BCUT2D eigenvalue weighted by atomic mass is 32.1. The summed E-state index contributed by atoms with van der Waals surface area (Å²) >= 11 is 4.45. The van der Waals surface area contributed by atoms with Crippen molar-refractivity contribution < 1.29 is 4.74 Å². The fraction of sp³-hybridized carbons (Fsp3) is 0.125. The lowest BCUT2D eigenvalue weighted by molar-refractivity contribution is 0.554. The molecule has 0 bridgehead atoms. The van der Waals surface area contributed by atoms with Crippen LogP contribution in [-0.2, 0) is 0 Å². The molecule has 1 N–H and O–H groups in total. The molecule has 57 valence electrons. The smallest absolute Gasteiger partial charge is 0.281 e. The summed E-state index contributed by atoms with van der Waals surface area (Å²) in [6.07, 6.45) is 0. The van der Waals surface area contributed by atoms with E-state index in [-0.39, 0.29) is 5.17 Å². The molecule has 0 unspecified atom stereocenters. The lowest BCUT2D eigenvalue weighted by Crippen LogP contribution is -2.04. The van der Waals surface area contributed by atoms with E-state index in [0.29, 0.717) is 5.75 Å². The Morgan fingerprint density at radius 2 is 1.91 bits per heavy atom. The second-order valence-corrected chi connectivity index (χ2v) is 2.57. The molecule has 1 aromatic rings. The zero-order valence-electron chi connectivity index (χ0n) is 6.13. The number of aryl methyl sites for hydroxylation is 1. The fourth-order valence-electron chi connectivity index (χ4n) is 0.713. The molecule has 1 radical (unpaired) electrons. The maximum absolute atomic E-state index is 6.88. The SMILES string of the molecule is Cc1ccc(OC([NH])=S)cc1. The third-order valence-electron chi connectivity index (χ3n) is 1.23. The molecular formula is C8H8NOS. The Balaban J connectivity index is 2.74. The summed E-state index contributed by atoms with van der Waals surface area (Å²) in [6.45, 7) is 1.99. The van der Waals surface area contributed by atoms with Crippen LogP contribution >= 0.6 is 12.2 Å². The third kappa shape index (κ3) is 2.55. The zero-order chi connectivity index (χ0) is 8.27. The molecule has 1 aromatic carbocycles. The minimum Gasteiger partial charge on any atom is -0.431 e. The van der Waals surface area contributed by atoms with Crippen LogP contribution in [0.3, 0.4) is 0 Å². The van der Waals surface area contributed by atoms with Crippen molar-refractivity contribution in [3.8, 4) is 5.75 Å². The normalized spacial score (nSPS) is 9.18. The van der Waals surface area contributed by atoms with Crippen LogP contribution < -0.4 is 10.5 Å². The summed E-state index contributed by atoms with van der Waals surface area (Å²) in [5, 5.41) is -0.200. The standard InChI is InChI=1S/C8H8NOS/c1-6-2-4-7(5-3-6)10-8(9)11/h2-5,9H,1H3. The van der Waals surface area contributed by atoms with Gasteiger partial charge in [0.15, 0.2) is 0 Å². The van der Waals surface area contributed by atoms with Crippen LogP contribution in [0, 0.1) is 6.92 Å². The molecule has 0 amide bonds. The number of thiocarbonyl (C=S) groups is 1. The molecular weight excluding hydrogens is 158 g/mol. The van der Waals surface area contributed by atoms with Crippen molar-refractivity contribution in [2.75, 3.05) is 0 Å². The topological polar surface area (TPSA) is 33.0 Å². The fourth-order valence-corrected chi connectivity index (χ4v) is 0.810. The summed E-state index contributed by atoms with van der Waals surface area (Å²) in [4.78, 5) is 0. The summed E-state index contributed by atoms with van der Waals surface area (Å²) in [5.41, 5.74) is 8.04. The van der Waals surface area contributed by atoms with Gasteiger partial charge in [0.2, 0.25) is 0 Å². The molecule has 0 atom stereocenters. The maximum Gasteiger partial charge on any atom is 0.281 e. The lowest BCUT2D eigenvalue weighted by Gasteiger charge is -2.00. The highest BCUT2D eigenvalue weighted by Gasteiger charge is 1.93. The molecule has 11 heavy (non-hydrogen) atoms. The molecule has 0 saturated heterocycles. The Hall–Kier alpha value is -1.09. The molecule has 2 nitrogen and oxygen atoms in total. The van der Waals surface area contributed by atoms with Crippen LogP contribution in [-0.4, -0.2) is 5.17 Å². The number of rotatable bonds is 1. The number of benzene rings is 1. The van der Waals surface area contributed by atoms with Crippen LogP contribution in [0.25, 0.3) is 0 Å². The summed E-state index contributed by atoms with van der Waals surface area (Å²) < 4.78 is 4.87. The monoisotopic (exact) mass is 166 g/mol. The van der Waals surface area contributed by atoms with Gasteiger partial charge in [-0.25, -0.2) is 0 Å².